The number of thioether (sulfide) groups is 1. The van der Waals surface area contributed by atoms with E-state index in [1.165, 1.54) is 4.88 Å². The first-order valence-corrected chi connectivity index (χ1v) is 8.62. The third-order valence-corrected chi connectivity index (χ3v) is 5.01. The van der Waals surface area contributed by atoms with Crippen LogP contribution in [0.5, 0.6) is 0 Å². The van der Waals surface area contributed by atoms with Crippen LogP contribution in [0.1, 0.15) is 16.1 Å². The summed E-state index contributed by atoms with van der Waals surface area (Å²) in [5.74, 6) is 0. The second-order valence-electron chi connectivity index (χ2n) is 4.44. The van der Waals surface area contributed by atoms with Gasteiger partial charge < -0.3 is 10.6 Å². The van der Waals surface area contributed by atoms with E-state index in [1.54, 1.807) is 23.1 Å². The molecule has 0 aliphatic carbocycles. The number of aromatic nitrogens is 1. The van der Waals surface area contributed by atoms with Gasteiger partial charge in [0.05, 0.1) is 17.7 Å². The van der Waals surface area contributed by atoms with Gasteiger partial charge in [0.25, 0.3) is 0 Å². The number of hydrogen-bond donors (Lipinski definition) is 1. The summed E-state index contributed by atoms with van der Waals surface area (Å²) in [7, 11) is 2.06. The number of benzene rings is 1. The molecule has 0 atom stereocenters. The van der Waals surface area contributed by atoms with Crippen LogP contribution < -0.4 is 10.6 Å². The molecule has 2 N–H and O–H groups in total. The lowest BCUT2D eigenvalue weighted by Gasteiger charge is -2.23. The van der Waals surface area contributed by atoms with Gasteiger partial charge in [-0.25, -0.2) is 4.98 Å². The molecule has 1 heterocycles. The second kappa shape index (κ2) is 6.56. The van der Waals surface area contributed by atoms with Crippen molar-refractivity contribution in [3.8, 4) is 0 Å². The van der Waals surface area contributed by atoms with Crippen LogP contribution in [0.25, 0.3) is 0 Å². The van der Waals surface area contributed by atoms with Crippen molar-refractivity contribution in [1.29, 1.82) is 0 Å². The lowest BCUT2D eigenvalue weighted by atomic mass is 10.1. The van der Waals surface area contributed by atoms with E-state index < -0.39 is 0 Å². The second-order valence-corrected chi connectivity index (χ2v) is 6.66. The summed E-state index contributed by atoms with van der Waals surface area (Å²) < 4.78 is 0. The van der Waals surface area contributed by atoms with E-state index in [-0.39, 0.29) is 0 Å². The molecule has 20 heavy (non-hydrogen) atoms. The van der Waals surface area contributed by atoms with Crippen LogP contribution in [-0.4, -0.2) is 23.3 Å². The fourth-order valence-corrected chi connectivity index (χ4v) is 3.78. The molecular weight excluding hydrogens is 306 g/mol. The number of thiocarbonyl (C=S) groups is 1. The number of anilines is 1. The summed E-state index contributed by atoms with van der Waals surface area (Å²) in [5, 5.41) is 0. The fourth-order valence-electron chi connectivity index (χ4n) is 2.03. The number of aryl methyl sites for hydroxylation is 1. The smallest absolute Gasteiger partial charge is 0.107 e. The average Bonchev–Trinajstić information content (AvgIpc) is 2.83. The zero-order valence-corrected chi connectivity index (χ0v) is 14.2. The van der Waals surface area contributed by atoms with E-state index in [0.717, 1.165) is 28.4 Å². The Morgan fingerprint density at radius 1 is 1.50 bits per heavy atom. The van der Waals surface area contributed by atoms with Crippen LogP contribution in [-0.2, 0) is 6.54 Å². The van der Waals surface area contributed by atoms with E-state index in [4.69, 9.17) is 18.0 Å². The normalized spacial score (nSPS) is 10.6. The Kier molecular flexibility index (Phi) is 5.01. The van der Waals surface area contributed by atoms with Crippen molar-refractivity contribution in [2.45, 2.75) is 18.4 Å². The van der Waals surface area contributed by atoms with Crippen LogP contribution in [0.4, 0.5) is 5.69 Å². The zero-order valence-electron chi connectivity index (χ0n) is 11.7. The van der Waals surface area contributed by atoms with Gasteiger partial charge in [-0.1, -0.05) is 18.3 Å². The number of nitrogens with zero attached hydrogens (tertiary/aromatic N) is 2. The molecule has 0 spiro atoms. The molecule has 0 bridgehead atoms. The predicted octanol–water partition coefficient (Wildman–Crippen LogP) is 3.44. The quantitative estimate of drug-likeness (QED) is 0.674. The largest absolute Gasteiger partial charge is 0.389 e. The molecule has 0 saturated heterocycles. The van der Waals surface area contributed by atoms with Gasteiger partial charge in [0.2, 0.25) is 0 Å². The van der Waals surface area contributed by atoms with Gasteiger partial charge in [0.15, 0.2) is 0 Å². The van der Waals surface area contributed by atoms with Gasteiger partial charge in [-0.2, -0.15) is 0 Å². The molecule has 2 rings (SSSR count). The summed E-state index contributed by atoms with van der Waals surface area (Å²) in [6.45, 7) is 2.84. The molecule has 106 valence electrons. The first-order chi connectivity index (χ1) is 9.54. The molecule has 0 fully saturated rings. The van der Waals surface area contributed by atoms with Crippen molar-refractivity contribution in [1.82, 2.24) is 4.98 Å². The van der Waals surface area contributed by atoms with Crippen LogP contribution in [0.15, 0.2) is 28.6 Å². The van der Waals surface area contributed by atoms with Gasteiger partial charge in [-0.05, 0) is 25.3 Å². The van der Waals surface area contributed by atoms with Crippen molar-refractivity contribution >= 4 is 46.0 Å². The Balaban J connectivity index is 2.37. The van der Waals surface area contributed by atoms with E-state index in [0.29, 0.717) is 4.99 Å². The van der Waals surface area contributed by atoms with Crippen molar-refractivity contribution in [2.24, 2.45) is 5.73 Å². The minimum atomic E-state index is 0.442. The maximum atomic E-state index is 5.91. The van der Waals surface area contributed by atoms with Crippen molar-refractivity contribution in [3.63, 3.8) is 0 Å². The van der Waals surface area contributed by atoms with E-state index >= 15 is 0 Å². The number of nitrogens with two attached hydrogens (primary N) is 1. The Morgan fingerprint density at radius 2 is 2.25 bits per heavy atom. The molecule has 0 radical (unpaired) electrons. The molecule has 0 saturated carbocycles. The van der Waals surface area contributed by atoms with E-state index in [1.807, 2.05) is 24.8 Å². The van der Waals surface area contributed by atoms with Crippen LogP contribution in [0.2, 0.25) is 0 Å². The Labute approximate surface area is 133 Å². The molecule has 0 unspecified atom stereocenters. The molecule has 0 aliphatic rings. The summed E-state index contributed by atoms with van der Waals surface area (Å²) in [4.78, 5) is 9.28. The van der Waals surface area contributed by atoms with Crippen molar-refractivity contribution < 1.29 is 0 Å². The number of thiazole rings is 1. The summed E-state index contributed by atoms with van der Waals surface area (Å²) >= 11 is 8.56. The third-order valence-electron chi connectivity index (χ3n) is 3.11. The Bertz CT molecular complexity index is 622. The molecule has 0 aliphatic heterocycles. The van der Waals surface area contributed by atoms with Gasteiger partial charge in [0, 0.05) is 28.1 Å². The molecule has 3 nitrogen and oxygen atoms in total. The van der Waals surface area contributed by atoms with Crippen molar-refractivity contribution in [3.05, 3.63) is 39.8 Å². The number of hydrogen-bond acceptors (Lipinski definition) is 5. The Hall–Kier alpha value is -1.11. The highest BCUT2D eigenvalue weighted by atomic mass is 32.2. The highest BCUT2D eigenvalue weighted by Gasteiger charge is 2.15. The highest BCUT2D eigenvalue weighted by molar-refractivity contribution is 7.98. The molecule has 1 aromatic heterocycles. The molecule has 6 heteroatoms. The standard InChI is InChI=1S/C14H17N3S3/c1-9-12(20-8-16-9)7-17(2)10-5-4-6-11(19-3)13(10)14(15)18/h4-6,8H,7H2,1-3H3,(H2,15,18). The lowest BCUT2D eigenvalue weighted by Crippen LogP contribution is -2.22. The summed E-state index contributed by atoms with van der Waals surface area (Å²) in [6, 6.07) is 6.15. The van der Waals surface area contributed by atoms with Crippen molar-refractivity contribution in [2.75, 3.05) is 18.2 Å². The third kappa shape index (κ3) is 3.13. The topological polar surface area (TPSA) is 42.2 Å². The van der Waals surface area contributed by atoms with Gasteiger partial charge in [-0.15, -0.1) is 23.1 Å². The zero-order chi connectivity index (χ0) is 14.7. The van der Waals surface area contributed by atoms with Gasteiger partial charge in [-0.3, -0.25) is 0 Å². The first-order valence-electron chi connectivity index (χ1n) is 6.11. The maximum absolute atomic E-state index is 5.91. The fraction of sp³-hybridized carbons (Fsp3) is 0.286. The molecule has 1 aromatic carbocycles. The van der Waals surface area contributed by atoms with Gasteiger partial charge >= 0.3 is 0 Å². The summed E-state index contributed by atoms with van der Waals surface area (Å²) in [6.07, 6.45) is 2.04. The lowest BCUT2D eigenvalue weighted by molar-refractivity contribution is 0.922. The highest BCUT2D eigenvalue weighted by Crippen LogP contribution is 2.30. The average molecular weight is 324 g/mol. The van der Waals surface area contributed by atoms with Crippen LogP contribution in [0.3, 0.4) is 0 Å². The number of rotatable bonds is 5. The molecule has 0 amide bonds. The first kappa shape index (κ1) is 15.3. The summed E-state index contributed by atoms with van der Waals surface area (Å²) in [5.41, 5.74) is 10.9. The van der Waals surface area contributed by atoms with Crippen LogP contribution >= 0.6 is 35.3 Å². The minimum absolute atomic E-state index is 0.442. The Morgan fingerprint density at radius 3 is 2.80 bits per heavy atom. The maximum Gasteiger partial charge on any atom is 0.107 e. The molecular formula is C14H17N3S3. The van der Waals surface area contributed by atoms with E-state index in [9.17, 15) is 0 Å². The van der Waals surface area contributed by atoms with Gasteiger partial charge in [0.1, 0.15) is 4.99 Å². The predicted molar refractivity (Wildman–Crippen MR) is 93.1 cm³/mol. The monoisotopic (exact) mass is 323 g/mol. The van der Waals surface area contributed by atoms with E-state index in [2.05, 4.69) is 29.1 Å². The van der Waals surface area contributed by atoms with Crippen LogP contribution in [0, 0.1) is 6.92 Å². The molecule has 2 aromatic rings. The minimum Gasteiger partial charge on any atom is -0.389 e. The SMILES string of the molecule is CSc1cccc(N(C)Cc2scnc2C)c1C(N)=S.